The predicted molar refractivity (Wildman–Crippen MR) is 74.3 cm³/mol. The number of rotatable bonds is 5. The Morgan fingerprint density at radius 1 is 1.17 bits per heavy atom. The first-order chi connectivity index (χ1) is 10.9. The highest BCUT2D eigenvalue weighted by atomic mass is 16.7. The molecule has 0 unspecified atom stereocenters. The van der Waals surface area contributed by atoms with Crippen LogP contribution in [0.4, 0.5) is 0 Å². The number of methoxy groups -OCH3 is 1. The molecule has 1 aromatic carbocycles. The normalized spacial score (nSPS) is 30.7. The van der Waals surface area contributed by atoms with Crippen LogP contribution in [0.1, 0.15) is 10.4 Å². The van der Waals surface area contributed by atoms with Crippen molar-refractivity contribution >= 4 is 5.97 Å². The lowest BCUT2D eigenvalue weighted by Crippen LogP contribution is -2.60. The second-order valence-electron chi connectivity index (χ2n) is 4.99. The third-order valence-corrected chi connectivity index (χ3v) is 3.50. The molecule has 0 saturated carbocycles. The van der Waals surface area contributed by atoms with Gasteiger partial charge >= 0.3 is 5.97 Å². The summed E-state index contributed by atoms with van der Waals surface area (Å²) in [6.07, 6.45) is -7.13. The van der Waals surface area contributed by atoms with Gasteiger partial charge in [0.25, 0.3) is 0 Å². The van der Waals surface area contributed by atoms with Gasteiger partial charge in [0.2, 0.25) is 6.29 Å². The minimum atomic E-state index is -1.57. The largest absolute Gasteiger partial charge is 0.493 e. The number of hydrogen-bond donors (Lipinski definition) is 5. The molecule has 23 heavy (non-hydrogen) atoms. The number of aromatic carboxylic acids is 1. The maximum Gasteiger partial charge on any atom is 0.335 e. The van der Waals surface area contributed by atoms with E-state index in [0.717, 1.165) is 0 Å². The number of ether oxygens (including phenoxy) is 3. The molecule has 1 aliphatic rings. The number of carboxylic acids is 1. The molecule has 9 nitrogen and oxygen atoms in total. The molecular formula is C14H18O9. The molecule has 0 aromatic heterocycles. The lowest BCUT2D eigenvalue weighted by Gasteiger charge is -2.39. The summed E-state index contributed by atoms with van der Waals surface area (Å²) < 4.78 is 15.6. The highest BCUT2D eigenvalue weighted by molar-refractivity contribution is 5.88. The summed E-state index contributed by atoms with van der Waals surface area (Å²) in [6, 6.07) is 3.80. The fourth-order valence-corrected chi connectivity index (χ4v) is 2.19. The molecule has 5 N–H and O–H groups in total. The van der Waals surface area contributed by atoms with Crippen molar-refractivity contribution in [3.05, 3.63) is 23.8 Å². The van der Waals surface area contributed by atoms with Crippen molar-refractivity contribution in [2.24, 2.45) is 0 Å². The Bertz CT molecular complexity index is 559. The molecule has 0 radical (unpaired) electrons. The van der Waals surface area contributed by atoms with E-state index in [4.69, 9.17) is 24.4 Å². The number of aliphatic hydroxyl groups excluding tert-OH is 4. The van der Waals surface area contributed by atoms with Crippen LogP contribution in [0, 0.1) is 0 Å². The van der Waals surface area contributed by atoms with Crippen molar-refractivity contribution in [3.8, 4) is 11.5 Å². The Morgan fingerprint density at radius 2 is 1.87 bits per heavy atom. The first-order valence-corrected chi connectivity index (χ1v) is 6.77. The van der Waals surface area contributed by atoms with E-state index in [1.165, 1.54) is 25.3 Å². The first kappa shape index (κ1) is 17.4. The fraction of sp³-hybridized carbons (Fsp3) is 0.500. The molecular weight excluding hydrogens is 312 g/mol. The van der Waals surface area contributed by atoms with Crippen LogP contribution in [-0.2, 0) is 4.74 Å². The number of hydrogen-bond acceptors (Lipinski definition) is 8. The van der Waals surface area contributed by atoms with Crippen molar-refractivity contribution in [2.45, 2.75) is 30.7 Å². The van der Waals surface area contributed by atoms with Crippen LogP contribution >= 0.6 is 0 Å². The van der Waals surface area contributed by atoms with Crippen LogP contribution in [-0.4, -0.2) is 75.9 Å². The summed E-state index contributed by atoms with van der Waals surface area (Å²) in [7, 11) is 1.31. The van der Waals surface area contributed by atoms with Crippen molar-refractivity contribution in [2.75, 3.05) is 13.7 Å². The van der Waals surface area contributed by atoms with E-state index in [1.807, 2.05) is 0 Å². The Balaban J connectivity index is 2.22. The van der Waals surface area contributed by atoms with Gasteiger partial charge in [-0.15, -0.1) is 0 Å². The highest BCUT2D eigenvalue weighted by Crippen LogP contribution is 2.31. The molecule has 9 heteroatoms. The predicted octanol–water partition coefficient (Wildman–Crippen LogP) is -1.43. The smallest absolute Gasteiger partial charge is 0.335 e. The zero-order valence-corrected chi connectivity index (χ0v) is 12.2. The van der Waals surface area contributed by atoms with E-state index >= 15 is 0 Å². The van der Waals surface area contributed by atoms with E-state index in [1.54, 1.807) is 0 Å². The van der Waals surface area contributed by atoms with Crippen LogP contribution in [0.2, 0.25) is 0 Å². The summed E-state index contributed by atoms with van der Waals surface area (Å²) >= 11 is 0. The molecule has 0 bridgehead atoms. The average Bonchev–Trinajstić information content (AvgIpc) is 2.55. The van der Waals surface area contributed by atoms with E-state index in [-0.39, 0.29) is 17.1 Å². The minimum absolute atomic E-state index is 0.0250. The van der Waals surface area contributed by atoms with Gasteiger partial charge in [0.05, 0.1) is 19.3 Å². The first-order valence-electron chi connectivity index (χ1n) is 6.77. The summed E-state index contributed by atoms with van der Waals surface area (Å²) in [5, 5.41) is 47.4. The van der Waals surface area contributed by atoms with Gasteiger partial charge in [-0.2, -0.15) is 0 Å². The average molecular weight is 330 g/mol. The molecule has 0 amide bonds. The topological polar surface area (TPSA) is 146 Å². The van der Waals surface area contributed by atoms with E-state index in [2.05, 4.69) is 0 Å². The van der Waals surface area contributed by atoms with Gasteiger partial charge in [-0.25, -0.2) is 4.79 Å². The quantitative estimate of drug-likeness (QED) is 0.438. The van der Waals surface area contributed by atoms with Crippen molar-refractivity contribution in [3.63, 3.8) is 0 Å². The standard InChI is InChI=1S/C14H18O9/c1-21-8-4-6(13(19)20)2-3-7(8)22-14-12(18)11(17)10(16)9(5-15)23-14/h2-4,9-12,14-18H,5H2,1H3,(H,19,20)/t9-,10-,11+,12+,14-/m1/s1. The second-order valence-corrected chi connectivity index (χ2v) is 4.99. The molecule has 5 atom stereocenters. The SMILES string of the molecule is COc1cc(C(=O)O)ccc1O[C@@H]1O[C@H](CO)[C@@H](O)[C@H](O)[C@@H]1O. The Hall–Kier alpha value is -1.91. The zero-order valence-electron chi connectivity index (χ0n) is 12.2. The number of aliphatic hydroxyl groups is 4. The van der Waals surface area contributed by atoms with Crippen LogP contribution in [0.25, 0.3) is 0 Å². The van der Waals surface area contributed by atoms with Crippen LogP contribution in [0.15, 0.2) is 18.2 Å². The second kappa shape index (κ2) is 7.11. The molecule has 2 rings (SSSR count). The zero-order chi connectivity index (χ0) is 17.1. The Kier molecular flexibility index (Phi) is 5.39. The van der Waals surface area contributed by atoms with Crippen molar-refractivity contribution in [1.82, 2.24) is 0 Å². The third-order valence-electron chi connectivity index (χ3n) is 3.50. The van der Waals surface area contributed by atoms with Gasteiger partial charge in [-0.05, 0) is 18.2 Å². The molecule has 1 fully saturated rings. The Morgan fingerprint density at radius 3 is 2.43 bits per heavy atom. The summed E-state index contributed by atoms with van der Waals surface area (Å²) in [6.45, 7) is -0.583. The molecule has 0 spiro atoms. The lowest BCUT2D eigenvalue weighted by molar-refractivity contribution is -0.277. The maximum atomic E-state index is 10.9. The van der Waals surface area contributed by atoms with Crippen LogP contribution in [0.3, 0.4) is 0 Å². The minimum Gasteiger partial charge on any atom is -0.493 e. The van der Waals surface area contributed by atoms with Crippen LogP contribution in [0.5, 0.6) is 11.5 Å². The van der Waals surface area contributed by atoms with E-state index in [0.29, 0.717) is 0 Å². The Labute approximate surface area is 131 Å². The lowest BCUT2D eigenvalue weighted by atomic mass is 9.99. The molecule has 1 aromatic rings. The number of carboxylic acid groups (broad SMARTS) is 1. The highest BCUT2D eigenvalue weighted by Gasteiger charge is 2.44. The third kappa shape index (κ3) is 3.54. The number of carbonyl (C=O) groups is 1. The molecule has 1 heterocycles. The van der Waals surface area contributed by atoms with Gasteiger partial charge in [-0.3, -0.25) is 0 Å². The van der Waals surface area contributed by atoms with Gasteiger partial charge in [-0.1, -0.05) is 0 Å². The number of benzene rings is 1. The van der Waals surface area contributed by atoms with Gasteiger partial charge in [0, 0.05) is 0 Å². The van der Waals surface area contributed by atoms with Crippen molar-refractivity contribution < 1.29 is 44.5 Å². The van der Waals surface area contributed by atoms with E-state index < -0.39 is 43.3 Å². The van der Waals surface area contributed by atoms with Gasteiger partial charge < -0.3 is 39.7 Å². The van der Waals surface area contributed by atoms with Gasteiger partial charge in [0.1, 0.15) is 24.4 Å². The molecule has 1 aliphatic heterocycles. The fourth-order valence-electron chi connectivity index (χ4n) is 2.19. The monoisotopic (exact) mass is 330 g/mol. The van der Waals surface area contributed by atoms with Crippen molar-refractivity contribution in [1.29, 1.82) is 0 Å². The summed E-state index contributed by atoms with van der Waals surface area (Å²) in [5.41, 5.74) is -0.0250. The maximum absolute atomic E-state index is 10.9. The molecule has 0 aliphatic carbocycles. The molecule has 128 valence electrons. The summed E-state index contributed by atoms with van der Waals surface area (Å²) in [5.74, 6) is -0.994. The van der Waals surface area contributed by atoms with Gasteiger partial charge in [0.15, 0.2) is 11.5 Å². The van der Waals surface area contributed by atoms with Crippen LogP contribution < -0.4 is 9.47 Å². The molecule has 1 saturated heterocycles. The summed E-state index contributed by atoms with van der Waals surface area (Å²) in [4.78, 5) is 10.9. The van der Waals surface area contributed by atoms with E-state index in [9.17, 15) is 20.1 Å².